The number of nitrogens with one attached hydrogen (secondary N) is 1. The zero-order chi connectivity index (χ0) is 31.4. The molecular weight excluding hydrogens is 550 g/mol. The molecule has 43 heavy (non-hydrogen) atoms. The maximum absolute atomic E-state index is 11.9. The van der Waals surface area contributed by atoms with Crippen LogP contribution in [-0.2, 0) is 9.47 Å². The van der Waals surface area contributed by atoms with Crippen LogP contribution in [0.4, 0.5) is 15.4 Å². The number of aromatic amines is 1. The molecule has 0 bridgehead atoms. The maximum atomic E-state index is 11.9. The number of nitrogens with two attached hydrogens (primary N) is 1. The normalized spacial score (nSPS) is 11.4. The van der Waals surface area contributed by atoms with Crippen molar-refractivity contribution in [3.63, 3.8) is 0 Å². The Labute approximate surface area is 248 Å². The summed E-state index contributed by atoms with van der Waals surface area (Å²) in [6.45, 7) is 10.9. The van der Waals surface area contributed by atoms with Crippen molar-refractivity contribution in [2.45, 2.75) is 52.7 Å². The molecule has 0 aliphatic rings. The first kappa shape index (κ1) is 30.6. The van der Waals surface area contributed by atoms with Crippen molar-refractivity contribution in [2.75, 3.05) is 5.73 Å². The number of anilines is 1. The Morgan fingerprint density at radius 2 is 1.49 bits per heavy atom. The third kappa shape index (κ3) is 7.88. The minimum Gasteiger partial charge on any atom is -0.618 e. The van der Waals surface area contributed by atoms with E-state index in [-0.39, 0.29) is 0 Å². The van der Waals surface area contributed by atoms with Gasteiger partial charge in [0.25, 0.3) is 0 Å². The van der Waals surface area contributed by atoms with Crippen molar-refractivity contribution in [3.05, 3.63) is 90.8 Å². The quantitative estimate of drug-likeness (QED) is 0.162. The molecule has 0 aliphatic heterocycles. The first-order valence-electron chi connectivity index (χ1n) is 13.5. The summed E-state index contributed by atoms with van der Waals surface area (Å²) in [7, 11) is 0. The maximum Gasteiger partial charge on any atom is 0.419 e. The first-order valence-corrected chi connectivity index (χ1v) is 13.5. The highest BCUT2D eigenvalue weighted by molar-refractivity contribution is 5.88. The Hall–Kier alpha value is -5.39. The van der Waals surface area contributed by atoms with Crippen molar-refractivity contribution in [1.82, 2.24) is 24.1 Å². The van der Waals surface area contributed by atoms with Crippen LogP contribution in [0.3, 0.4) is 0 Å². The molecule has 0 saturated carbocycles. The topological polar surface area (TPSA) is 157 Å². The van der Waals surface area contributed by atoms with Crippen LogP contribution in [0.5, 0.6) is 0 Å². The second-order valence-electron chi connectivity index (χ2n) is 11.5. The van der Waals surface area contributed by atoms with Crippen LogP contribution in [0.15, 0.2) is 85.6 Å². The summed E-state index contributed by atoms with van der Waals surface area (Å²) in [5, 5.41) is 11.5. The van der Waals surface area contributed by atoms with Gasteiger partial charge < -0.3 is 25.4 Å². The zero-order valence-electron chi connectivity index (χ0n) is 24.9. The second kappa shape index (κ2) is 12.2. The van der Waals surface area contributed by atoms with Crippen molar-refractivity contribution in [1.29, 1.82) is 0 Å². The molecule has 224 valence electrons. The van der Waals surface area contributed by atoms with Crippen LogP contribution < -0.4 is 10.5 Å². The fourth-order valence-corrected chi connectivity index (χ4v) is 3.94. The predicted molar refractivity (Wildman–Crippen MR) is 164 cm³/mol. The van der Waals surface area contributed by atoms with Crippen molar-refractivity contribution < 1.29 is 23.8 Å². The molecule has 12 heteroatoms. The summed E-state index contributed by atoms with van der Waals surface area (Å²) in [5.74, 6) is 0.430. The average molecular weight is 586 g/mol. The molecule has 0 radical (unpaired) electrons. The minimum atomic E-state index is -0.560. The van der Waals surface area contributed by atoms with Gasteiger partial charge in [0.05, 0.1) is 22.1 Å². The van der Waals surface area contributed by atoms with Crippen molar-refractivity contribution >= 4 is 51.1 Å². The number of carbonyl (C=O) groups is 2. The molecule has 6 heterocycles. The SMILES string of the molecule is CC(C)(C)OC(=O)n1ccc2c1ccc[n+]2[O-].CC(C)(C)OC(=O)n1ccc2nc(N)ccc21.c1cnc2cc[nH]c2c1. The van der Waals surface area contributed by atoms with Gasteiger partial charge in [0.2, 0.25) is 5.52 Å². The van der Waals surface area contributed by atoms with Gasteiger partial charge in [0, 0.05) is 36.9 Å². The molecule has 0 unspecified atom stereocenters. The lowest BCUT2D eigenvalue weighted by molar-refractivity contribution is -0.576. The summed E-state index contributed by atoms with van der Waals surface area (Å²) in [4.78, 5) is 35.1. The van der Waals surface area contributed by atoms with Gasteiger partial charge in [-0.15, -0.1) is 0 Å². The van der Waals surface area contributed by atoms with Crippen LogP contribution in [-0.4, -0.2) is 47.5 Å². The van der Waals surface area contributed by atoms with Crippen LogP contribution in [0.25, 0.3) is 33.1 Å². The monoisotopic (exact) mass is 585 g/mol. The zero-order valence-corrected chi connectivity index (χ0v) is 24.9. The van der Waals surface area contributed by atoms with Gasteiger partial charge in [0.1, 0.15) is 22.5 Å². The summed E-state index contributed by atoms with van der Waals surface area (Å²) in [6.07, 6.45) is 7.33. The number of carbonyl (C=O) groups excluding carboxylic acids is 2. The summed E-state index contributed by atoms with van der Waals surface area (Å²) in [5.41, 5.74) is 8.96. The van der Waals surface area contributed by atoms with E-state index in [0.717, 1.165) is 15.8 Å². The lowest BCUT2D eigenvalue weighted by Crippen LogP contribution is -2.28. The van der Waals surface area contributed by atoms with Crippen molar-refractivity contribution in [2.24, 2.45) is 0 Å². The molecule has 6 rings (SSSR count). The van der Waals surface area contributed by atoms with E-state index in [9.17, 15) is 14.8 Å². The number of ether oxygens (including phenoxy) is 2. The lowest BCUT2D eigenvalue weighted by Gasteiger charge is -2.19. The van der Waals surface area contributed by atoms with E-state index in [4.69, 9.17) is 15.2 Å². The molecule has 0 amide bonds. The van der Waals surface area contributed by atoms with Crippen LogP contribution >= 0.6 is 0 Å². The molecule has 0 aromatic carbocycles. The molecule has 0 fully saturated rings. The van der Waals surface area contributed by atoms with Crippen molar-refractivity contribution in [3.8, 4) is 0 Å². The van der Waals surface area contributed by atoms with E-state index in [1.807, 2.05) is 45.2 Å². The number of aromatic nitrogens is 6. The predicted octanol–water partition coefficient (Wildman–Crippen LogP) is 6.02. The molecule has 0 spiro atoms. The van der Waals surface area contributed by atoms with Gasteiger partial charge in [-0.05, 0) is 84.0 Å². The number of hydrogen-bond acceptors (Lipinski definition) is 8. The standard InChI is InChI=1S/C12H15N3O2.C12H14N2O3.C7H6N2/c1-12(2,3)17-11(16)15-7-6-8-9(15)4-5-10(13)14-8;1-12(2,3)17-11(15)13-8-6-10-9(13)5-4-7-14(10)16;1-2-6-7(8-4-1)3-5-9-6/h4-7H,1-3H3,(H2,13,14);4-8H,1-3H3;1-5,9H. The number of rotatable bonds is 0. The fraction of sp³-hybridized carbons (Fsp3) is 0.258. The highest BCUT2D eigenvalue weighted by atomic mass is 16.6. The van der Waals surface area contributed by atoms with Gasteiger partial charge in [-0.3, -0.25) is 9.55 Å². The van der Waals surface area contributed by atoms with E-state index in [1.54, 1.807) is 69.6 Å². The van der Waals surface area contributed by atoms with Crippen LogP contribution in [0, 0.1) is 5.21 Å². The van der Waals surface area contributed by atoms with Gasteiger partial charge in [0.15, 0.2) is 6.20 Å². The molecule has 0 saturated heterocycles. The molecule has 6 aromatic rings. The summed E-state index contributed by atoms with van der Waals surface area (Å²) < 4.78 is 14.0. The highest BCUT2D eigenvalue weighted by Gasteiger charge is 2.21. The molecule has 0 atom stereocenters. The lowest BCUT2D eigenvalue weighted by atomic mass is 10.2. The van der Waals surface area contributed by atoms with Crippen LogP contribution in [0.1, 0.15) is 41.5 Å². The number of nitrogen functional groups attached to an aromatic ring is 1. The van der Waals surface area contributed by atoms with Gasteiger partial charge in [-0.2, -0.15) is 4.73 Å². The fourth-order valence-electron chi connectivity index (χ4n) is 3.94. The number of pyridine rings is 3. The van der Waals surface area contributed by atoms with E-state index in [2.05, 4.69) is 15.0 Å². The molecular formula is C31H35N7O5. The van der Waals surface area contributed by atoms with E-state index >= 15 is 0 Å². The third-order valence-electron chi connectivity index (χ3n) is 5.68. The Balaban J connectivity index is 0.000000154. The largest absolute Gasteiger partial charge is 0.618 e. The van der Waals surface area contributed by atoms with E-state index in [0.29, 0.717) is 27.9 Å². The Bertz CT molecular complexity index is 1840. The molecule has 12 nitrogen and oxygen atoms in total. The number of hydrogen-bond donors (Lipinski definition) is 2. The first-order chi connectivity index (χ1) is 20.2. The smallest absolute Gasteiger partial charge is 0.419 e. The Morgan fingerprint density at radius 3 is 2.14 bits per heavy atom. The van der Waals surface area contributed by atoms with Gasteiger partial charge >= 0.3 is 12.2 Å². The molecule has 3 N–H and O–H groups in total. The number of H-pyrrole nitrogens is 1. The highest BCUT2D eigenvalue weighted by Crippen LogP contribution is 2.18. The number of nitrogens with zero attached hydrogens (tertiary/aromatic N) is 5. The Kier molecular flexibility index (Phi) is 8.69. The number of fused-ring (bicyclic) bond motifs is 3. The van der Waals surface area contributed by atoms with Gasteiger partial charge in [-0.25, -0.2) is 19.1 Å². The third-order valence-corrected chi connectivity index (χ3v) is 5.68. The van der Waals surface area contributed by atoms with E-state index in [1.165, 1.54) is 21.5 Å². The summed E-state index contributed by atoms with van der Waals surface area (Å²) in [6, 6.07) is 15.9. The molecule has 0 aliphatic carbocycles. The average Bonchev–Trinajstić information content (AvgIpc) is 3.65. The Morgan fingerprint density at radius 1 is 0.837 bits per heavy atom. The van der Waals surface area contributed by atoms with Crippen LogP contribution in [0.2, 0.25) is 0 Å². The minimum absolute atomic E-state index is 0.418. The molecule has 6 aromatic heterocycles. The summed E-state index contributed by atoms with van der Waals surface area (Å²) >= 11 is 0. The second-order valence-corrected chi connectivity index (χ2v) is 11.5. The van der Waals surface area contributed by atoms with E-state index < -0.39 is 23.4 Å². The van der Waals surface area contributed by atoms with Gasteiger partial charge in [-0.1, -0.05) is 0 Å².